The Morgan fingerprint density at radius 2 is 1.19 bits per heavy atom. The molecule has 1 unspecified atom stereocenters. The van der Waals surface area contributed by atoms with Gasteiger partial charge in [0.2, 0.25) is 0 Å². The SMILES string of the molecule is COc1c(C)cc([PH+](c2cc(C)c(OC)c(C)c2)c2ccccc2[PH+](O)[C@@H]2C[C@H](C)CC[C@H]2C(C)C)cc1C.[CH3-].[CH3-].[Rh+2]. The predicted molar refractivity (Wildman–Crippen MR) is 187 cm³/mol. The summed E-state index contributed by atoms with van der Waals surface area (Å²) in [5.41, 5.74) is 5.01. The maximum absolute atomic E-state index is 12.3. The van der Waals surface area contributed by atoms with Crippen molar-refractivity contribution >= 4 is 37.3 Å². The molecule has 0 spiro atoms. The Hall–Kier alpha value is -1.30. The van der Waals surface area contributed by atoms with Crippen molar-refractivity contribution in [3.05, 3.63) is 85.6 Å². The van der Waals surface area contributed by atoms with Crippen molar-refractivity contribution in [2.75, 3.05) is 14.2 Å². The van der Waals surface area contributed by atoms with Gasteiger partial charge in [-0.3, -0.25) is 0 Å². The van der Waals surface area contributed by atoms with E-state index < -0.39 is 16.1 Å². The molecule has 0 aromatic heterocycles. The molecule has 1 saturated carbocycles. The first-order chi connectivity index (χ1) is 18.6. The van der Waals surface area contributed by atoms with Crippen LogP contribution < -0.4 is 30.7 Å². The summed E-state index contributed by atoms with van der Waals surface area (Å²) in [6.45, 7) is 15.6. The topological polar surface area (TPSA) is 38.7 Å². The van der Waals surface area contributed by atoms with Crippen LogP contribution in [-0.2, 0) is 19.5 Å². The Morgan fingerprint density at radius 3 is 1.60 bits per heavy atom. The third-order valence-corrected chi connectivity index (χ3v) is 14.1. The van der Waals surface area contributed by atoms with E-state index in [0.717, 1.165) is 40.2 Å². The Kier molecular flexibility index (Phi) is 15.4. The molecule has 3 nitrogen and oxygen atoms in total. The third kappa shape index (κ3) is 8.04. The fourth-order valence-corrected chi connectivity index (χ4v) is 13.3. The third-order valence-electron chi connectivity index (χ3n) is 8.75. The van der Waals surface area contributed by atoms with Crippen molar-refractivity contribution in [1.29, 1.82) is 0 Å². The molecule has 1 fully saturated rings. The molecule has 1 N–H and O–H groups in total. The fourth-order valence-electron chi connectivity index (χ4n) is 6.95. The molecule has 0 aliphatic heterocycles. The van der Waals surface area contributed by atoms with Gasteiger partial charge in [-0.15, -0.1) is 0 Å². The van der Waals surface area contributed by atoms with Crippen LogP contribution in [0.3, 0.4) is 0 Å². The molecule has 6 heteroatoms. The minimum atomic E-state index is -1.77. The zero-order chi connectivity index (χ0) is 28.4. The molecule has 3 aromatic rings. The minimum Gasteiger partial charge on any atom is -0.496 e. The van der Waals surface area contributed by atoms with Crippen LogP contribution in [0.25, 0.3) is 0 Å². The van der Waals surface area contributed by atoms with Crippen LogP contribution in [0.1, 0.15) is 62.3 Å². The molecular weight excluding hydrogens is 645 g/mol. The first-order valence-electron chi connectivity index (χ1n) is 14.4. The van der Waals surface area contributed by atoms with E-state index in [1.54, 1.807) is 14.2 Å². The van der Waals surface area contributed by atoms with Crippen LogP contribution in [0.4, 0.5) is 0 Å². The minimum absolute atomic E-state index is 0. The van der Waals surface area contributed by atoms with E-state index in [1.807, 2.05) is 0 Å². The molecule has 0 saturated heterocycles. The van der Waals surface area contributed by atoms with Crippen molar-refractivity contribution < 1.29 is 33.8 Å². The van der Waals surface area contributed by atoms with Crippen LogP contribution in [0.2, 0.25) is 0 Å². The van der Waals surface area contributed by atoms with Gasteiger partial charge in [0.05, 0.1) is 14.2 Å². The van der Waals surface area contributed by atoms with Crippen molar-refractivity contribution in [3.63, 3.8) is 0 Å². The van der Waals surface area contributed by atoms with Crippen molar-refractivity contribution in [2.24, 2.45) is 17.8 Å². The van der Waals surface area contributed by atoms with Gasteiger partial charge in [-0.25, -0.2) is 4.89 Å². The number of hydrogen-bond acceptors (Lipinski definition) is 3. The Morgan fingerprint density at radius 1 is 0.762 bits per heavy atom. The zero-order valence-electron chi connectivity index (χ0n) is 27.6. The van der Waals surface area contributed by atoms with Crippen LogP contribution in [0.5, 0.6) is 11.5 Å². The molecule has 233 valence electrons. The summed E-state index contributed by atoms with van der Waals surface area (Å²) in [4.78, 5) is 12.3. The number of methoxy groups -OCH3 is 2. The quantitative estimate of drug-likeness (QED) is 0.150. The molecule has 0 bridgehead atoms. The summed E-state index contributed by atoms with van der Waals surface area (Å²) in [6, 6.07) is 18.1. The Balaban J connectivity index is 0.00000294. The van der Waals surface area contributed by atoms with Crippen molar-refractivity contribution in [1.82, 2.24) is 0 Å². The van der Waals surface area contributed by atoms with E-state index in [2.05, 4.69) is 97.0 Å². The molecule has 0 heterocycles. The maximum Gasteiger partial charge on any atom is 2.00 e. The van der Waals surface area contributed by atoms with Gasteiger partial charge in [-0.05, 0) is 111 Å². The maximum atomic E-state index is 12.3. The fraction of sp³-hybridized carbons (Fsp3) is 0.444. The summed E-state index contributed by atoms with van der Waals surface area (Å²) in [6.07, 6.45) is 3.64. The molecule has 4 rings (SSSR count). The Bertz CT molecular complexity index is 1200. The monoisotopic (exact) mass is 699 g/mol. The number of rotatable bonds is 8. The first-order valence-corrected chi connectivity index (χ1v) is 17.4. The molecule has 1 aliphatic rings. The second kappa shape index (κ2) is 16.7. The second-order valence-electron chi connectivity index (χ2n) is 12.0. The van der Waals surface area contributed by atoms with Crippen LogP contribution in [0, 0.1) is 60.3 Å². The molecular formula is C36H54O3P2Rh+2. The van der Waals surface area contributed by atoms with E-state index in [-0.39, 0.29) is 34.3 Å². The van der Waals surface area contributed by atoms with Crippen molar-refractivity contribution in [3.8, 4) is 11.5 Å². The van der Waals surface area contributed by atoms with E-state index in [9.17, 15) is 4.89 Å². The average Bonchev–Trinajstić information content (AvgIpc) is 2.88. The van der Waals surface area contributed by atoms with Gasteiger partial charge >= 0.3 is 19.5 Å². The molecule has 42 heavy (non-hydrogen) atoms. The van der Waals surface area contributed by atoms with Gasteiger partial charge in [-0.2, -0.15) is 0 Å². The summed E-state index contributed by atoms with van der Waals surface area (Å²) < 4.78 is 11.5. The molecule has 4 atom stereocenters. The largest absolute Gasteiger partial charge is 2.00 e. The van der Waals surface area contributed by atoms with Gasteiger partial charge < -0.3 is 24.3 Å². The van der Waals surface area contributed by atoms with E-state index in [1.165, 1.54) is 34.1 Å². The Labute approximate surface area is 272 Å². The first kappa shape index (κ1) is 38.7. The van der Waals surface area contributed by atoms with Gasteiger partial charge in [0.1, 0.15) is 41.0 Å². The molecule has 1 radical (unpaired) electrons. The van der Waals surface area contributed by atoms with E-state index >= 15 is 0 Å². The van der Waals surface area contributed by atoms with E-state index in [4.69, 9.17) is 9.47 Å². The van der Waals surface area contributed by atoms with E-state index in [0.29, 0.717) is 23.4 Å². The number of benzene rings is 3. The van der Waals surface area contributed by atoms with Gasteiger partial charge in [0, 0.05) is 5.92 Å². The van der Waals surface area contributed by atoms with Crippen LogP contribution >= 0.6 is 16.1 Å². The number of aryl methyl sites for hydroxylation is 4. The second-order valence-corrected chi connectivity index (χ2v) is 16.5. The number of ether oxygens (including phenoxy) is 2. The zero-order valence-corrected chi connectivity index (χ0v) is 31.3. The molecule has 1 aliphatic carbocycles. The normalized spacial score (nSPS) is 18.9. The smallest absolute Gasteiger partial charge is 0.496 e. The standard InChI is InChI=1S/C34H46O3P2.2CH3.Rh/c1-21(2)29-15-14-22(3)16-32(29)39(35)31-13-11-10-12-30(31)38(27-17-23(4)33(36-8)24(5)18-27)28-19-25(6)34(37-9)26(7)20-28;;;/h10-13,17-22,29,32,35H,14-16H2,1-9H3;2*1H3;/q;2*-1;+2/p+2/t22-,29+,32-,39?;;;/m1.../s1. The van der Waals surface area contributed by atoms with Crippen LogP contribution in [0.15, 0.2) is 48.5 Å². The van der Waals surface area contributed by atoms with Gasteiger partial charge in [0.15, 0.2) is 13.5 Å². The summed E-state index contributed by atoms with van der Waals surface area (Å²) in [5, 5.41) is 5.20. The van der Waals surface area contributed by atoms with Crippen LogP contribution in [-0.4, -0.2) is 24.8 Å². The summed E-state index contributed by atoms with van der Waals surface area (Å²) >= 11 is 0. The van der Waals surface area contributed by atoms with Gasteiger partial charge in [-0.1, -0.05) is 39.3 Å². The predicted octanol–water partition coefficient (Wildman–Crippen LogP) is 7.53. The summed E-state index contributed by atoms with van der Waals surface area (Å²) in [7, 11) is 0.312. The average molecular weight is 700 g/mol. The van der Waals surface area contributed by atoms with Crippen molar-refractivity contribution in [2.45, 2.75) is 73.4 Å². The molecule has 0 amide bonds. The number of hydrogen-bond donors (Lipinski definition) is 1. The molecule has 3 aromatic carbocycles. The van der Waals surface area contributed by atoms with Gasteiger partial charge in [0.25, 0.3) is 0 Å². The summed E-state index contributed by atoms with van der Waals surface area (Å²) in [5.74, 6) is 3.76.